The topological polar surface area (TPSA) is 66.8 Å². The molecular weight excluding hydrogens is 342 g/mol. The predicted octanol–water partition coefficient (Wildman–Crippen LogP) is 4.47. The van der Waals surface area contributed by atoms with Crippen LogP contribution >= 0.6 is 11.6 Å². The highest BCUT2D eigenvalue weighted by molar-refractivity contribution is 6.30. The van der Waals surface area contributed by atoms with E-state index in [4.69, 9.17) is 16.3 Å². The number of nitrogens with zero attached hydrogens (tertiary/aromatic N) is 1. The third-order valence-corrected chi connectivity index (χ3v) is 4.84. The Morgan fingerprint density at radius 3 is 2.60 bits per heavy atom. The first-order valence-electron chi connectivity index (χ1n) is 8.50. The lowest BCUT2D eigenvalue weighted by Crippen LogP contribution is -2.52. The molecule has 5 nitrogen and oxygen atoms in total. The lowest BCUT2D eigenvalue weighted by molar-refractivity contribution is -0.139. The Morgan fingerprint density at radius 1 is 1.40 bits per heavy atom. The molecule has 138 valence electrons. The second kappa shape index (κ2) is 7.24. The minimum absolute atomic E-state index is 0.0137. The number of carboxylic acids is 1. The largest absolute Gasteiger partial charge is 0.481 e. The monoisotopic (exact) mass is 367 g/mol. The minimum Gasteiger partial charge on any atom is -0.481 e. The van der Waals surface area contributed by atoms with Crippen LogP contribution in [0.3, 0.4) is 0 Å². The molecule has 0 aliphatic carbocycles. The van der Waals surface area contributed by atoms with E-state index in [1.165, 1.54) is 0 Å². The lowest BCUT2D eigenvalue weighted by Gasteiger charge is -2.45. The molecule has 1 aliphatic rings. The highest BCUT2D eigenvalue weighted by Gasteiger charge is 2.43. The van der Waals surface area contributed by atoms with Gasteiger partial charge < -0.3 is 14.7 Å². The van der Waals surface area contributed by atoms with Gasteiger partial charge in [-0.15, -0.1) is 0 Å². The molecule has 1 heterocycles. The van der Waals surface area contributed by atoms with E-state index in [0.29, 0.717) is 24.4 Å². The summed E-state index contributed by atoms with van der Waals surface area (Å²) >= 11 is 6.12. The number of piperidine rings is 1. The van der Waals surface area contributed by atoms with E-state index in [-0.39, 0.29) is 18.6 Å². The van der Waals surface area contributed by atoms with Crippen molar-refractivity contribution in [2.75, 3.05) is 6.54 Å². The third kappa shape index (κ3) is 4.88. The number of rotatable bonds is 3. The second-order valence-electron chi connectivity index (χ2n) is 7.84. The number of hydrogen-bond acceptors (Lipinski definition) is 3. The molecule has 2 atom stereocenters. The van der Waals surface area contributed by atoms with Crippen molar-refractivity contribution in [2.24, 2.45) is 0 Å². The van der Waals surface area contributed by atoms with Gasteiger partial charge in [0, 0.05) is 23.0 Å². The molecule has 1 amide bonds. The van der Waals surface area contributed by atoms with E-state index < -0.39 is 17.0 Å². The average molecular weight is 368 g/mol. The maximum atomic E-state index is 12.4. The quantitative estimate of drug-likeness (QED) is 0.855. The zero-order chi connectivity index (χ0) is 18.8. The van der Waals surface area contributed by atoms with E-state index >= 15 is 0 Å². The maximum absolute atomic E-state index is 12.4. The molecule has 1 saturated heterocycles. The average Bonchev–Trinajstić information content (AvgIpc) is 2.44. The number of hydrogen-bond donors (Lipinski definition) is 1. The fraction of sp³-hybridized carbons (Fsp3) is 0.579. The summed E-state index contributed by atoms with van der Waals surface area (Å²) < 4.78 is 5.47. The Balaban J connectivity index is 2.25. The molecule has 0 spiro atoms. The van der Waals surface area contributed by atoms with Crippen LogP contribution in [-0.4, -0.2) is 40.3 Å². The Bertz CT molecular complexity index is 655. The van der Waals surface area contributed by atoms with Crippen molar-refractivity contribution < 1.29 is 19.4 Å². The number of amides is 1. The second-order valence-corrected chi connectivity index (χ2v) is 8.27. The van der Waals surface area contributed by atoms with E-state index in [1.807, 2.05) is 45.9 Å². The van der Waals surface area contributed by atoms with Crippen LogP contribution < -0.4 is 0 Å². The summed E-state index contributed by atoms with van der Waals surface area (Å²) in [6.45, 7) is 7.89. The van der Waals surface area contributed by atoms with Crippen LogP contribution in [0.5, 0.6) is 0 Å². The number of aliphatic carboxylic acids is 1. The van der Waals surface area contributed by atoms with Gasteiger partial charge in [-0.1, -0.05) is 23.7 Å². The lowest BCUT2D eigenvalue weighted by atomic mass is 9.68. The van der Waals surface area contributed by atoms with Gasteiger partial charge in [-0.05, 0) is 58.2 Å². The summed E-state index contributed by atoms with van der Waals surface area (Å²) in [5.41, 5.74) is -0.174. The van der Waals surface area contributed by atoms with Gasteiger partial charge in [-0.25, -0.2) is 4.79 Å². The van der Waals surface area contributed by atoms with Gasteiger partial charge in [0.1, 0.15) is 5.60 Å². The molecule has 0 radical (unpaired) electrons. The summed E-state index contributed by atoms with van der Waals surface area (Å²) in [6.07, 6.45) is 0.775. The normalized spacial score (nSPS) is 24.0. The highest BCUT2D eigenvalue weighted by Crippen LogP contribution is 2.42. The van der Waals surface area contributed by atoms with E-state index in [2.05, 4.69) is 0 Å². The third-order valence-electron chi connectivity index (χ3n) is 4.60. The Morgan fingerprint density at radius 2 is 2.08 bits per heavy atom. The molecule has 1 fully saturated rings. The fourth-order valence-electron chi connectivity index (χ4n) is 3.56. The van der Waals surface area contributed by atoms with Gasteiger partial charge in [0.2, 0.25) is 0 Å². The zero-order valence-electron chi connectivity index (χ0n) is 15.2. The number of halogens is 1. The number of ether oxygens (including phenoxy) is 1. The van der Waals surface area contributed by atoms with Crippen molar-refractivity contribution in [3.05, 3.63) is 34.9 Å². The molecule has 2 rings (SSSR count). The van der Waals surface area contributed by atoms with Crippen molar-refractivity contribution in [1.29, 1.82) is 0 Å². The van der Waals surface area contributed by atoms with Gasteiger partial charge >= 0.3 is 12.1 Å². The van der Waals surface area contributed by atoms with Gasteiger partial charge in [-0.2, -0.15) is 0 Å². The molecule has 1 unspecified atom stereocenters. The number of benzene rings is 1. The molecule has 1 aromatic carbocycles. The zero-order valence-corrected chi connectivity index (χ0v) is 16.0. The van der Waals surface area contributed by atoms with Crippen molar-refractivity contribution >= 4 is 23.7 Å². The Labute approximate surface area is 153 Å². The molecular formula is C19H26ClNO4. The van der Waals surface area contributed by atoms with Crippen LogP contribution in [0.1, 0.15) is 52.5 Å². The number of carbonyl (C=O) groups is 2. The molecule has 1 aliphatic heterocycles. The summed E-state index contributed by atoms with van der Waals surface area (Å²) in [7, 11) is 0. The SMILES string of the molecule is C[C@H]1CC(CC(=O)O)(c2cccc(Cl)c2)CCN1C(=O)OC(C)(C)C. The van der Waals surface area contributed by atoms with Crippen LogP contribution in [0.4, 0.5) is 4.79 Å². The molecule has 0 bridgehead atoms. The van der Waals surface area contributed by atoms with Gasteiger partial charge in [-0.3, -0.25) is 4.79 Å². The van der Waals surface area contributed by atoms with E-state index in [1.54, 1.807) is 11.0 Å². The maximum Gasteiger partial charge on any atom is 0.410 e. The van der Waals surface area contributed by atoms with Crippen molar-refractivity contribution in [1.82, 2.24) is 4.90 Å². The van der Waals surface area contributed by atoms with Crippen molar-refractivity contribution in [2.45, 2.75) is 64.0 Å². The molecule has 0 aromatic heterocycles. The van der Waals surface area contributed by atoms with E-state index in [9.17, 15) is 14.7 Å². The standard InChI is InChI=1S/C19H26ClNO4/c1-13-11-19(12-16(22)23,14-6-5-7-15(20)10-14)8-9-21(13)17(24)25-18(2,3)4/h5-7,10,13H,8-9,11-12H2,1-4H3,(H,22,23)/t13-,19?/m0/s1. The first-order valence-corrected chi connectivity index (χ1v) is 8.88. The molecule has 1 N–H and O–H groups in total. The van der Waals surface area contributed by atoms with Crippen LogP contribution in [0.15, 0.2) is 24.3 Å². The molecule has 25 heavy (non-hydrogen) atoms. The van der Waals surface area contributed by atoms with E-state index in [0.717, 1.165) is 5.56 Å². The minimum atomic E-state index is -0.849. The van der Waals surface area contributed by atoms with Crippen LogP contribution in [-0.2, 0) is 14.9 Å². The summed E-state index contributed by atoms with van der Waals surface area (Å²) in [5.74, 6) is -0.849. The van der Waals surface area contributed by atoms with Crippen molar-refractivity contribution in [3.8, 4) is 0 Å². The fourth-order valence-corrected chi connectivity index (χ4v) is 3.75. The highest BCUT2D eigenvalue weighted by atomic mass is 35.5. The summed E-state index contributed by atoms with van der Waals surface area (Å²) in [4.78, 5) is 25.6. The molecule has 1 aromatic rings. The molecule has 6 heteroatoms. The number of carboxylic acid groups (broad SMARTS) is 1. The van der Waals surface area contributed by atoms with Crippen molar-refractivity contribution in [3.63, 3.8) is 0 Å². The van der Waals surface area contributed by atoms with Gasteiger partial charge in [0.25, 0.3) is 0 Å². The summed E-state index contributed by atoms with van der Waals surface area (Å²) in [6, 6.07) is 7.25. The molecule has 0 saturated carbocycles. The Kier molecular flexibility index (Phi) is 5.67. The predicted molar refractivity (Wildman–Crippen MR) is 97.0 cm³/mol. The van der Waals surface area contributed by atoms with Crippen LogP contribution in [0.2, 0.25) is 5.02 Å². The smallest absolute Gasteiger partial charge is 0.410 e. The Hall–Kier alpha value is -1.75. The number of carbonyl (C=O) groups excluding carboxylic acids is 1. The van der Waals surface area contributed by atoms with Gasteiger partial charge in [0.05, 0.1) is 6.42 Å². The van der Waals surface area contributed by atoms with Gasteiger partial charge in [0.15, 0.2) is 0 Å². The summed E-state index contributed by atoms with van der Waals surface area (Å²) in [5, 5.41) is 10.0. The first-order chi connectivity index (χ1) is 11.5. The first kappa shape index (κ1) is 19.6. The number of likely N-dealkylation sites (tertiary alicyclic amines) is 1. The van der Waals surface area contributed by atoms with Crippen LogP contribution in [0.25, 0.3) is 0 Å². The van der Waals surface area contributed by atoms with Crippen LogP contribution in [0, 0.1) is 0 Å².